The second-order valence-electron chi connectivity index (χ2n) is 4.78. The summed E-state index contributed by atoms with van der Waals surface area (Å²) in [6, 6.07) is 10.3. The summed E-state index contributed by atoms with van der Waals surface area (Å²) in [5, 5.41) is 2.10. The van der Waals surface area contributed by atoms with Gasteiger partial charge in [-0.2, -0.15) is 0 Å². The van der Waals surface area contributed by atoms with E-state index < -0.39 is 0 Å². The number of methoxy groups -OCH3 is 1. The Morgan fingerprint density at radius 2 is 2.22 bits per heavy atom. The maximum absolute atomic E-state index is 6.22. The molecule has 1 unspecified atom stereocenters. The topological polar surface area (TPSA) is 18.5 Å². The van der Waals surface area contributed by atoms with Gasteiger partial charge in [-0.3, -0.25) is 0 Å². The average Bonchev–Trinajstić information content (AvgIpc) is 2.93. The van der Waals surface area contributed by atoms with Crippen molar-refractivity contribution in [2.24, 2.45) is 0 Å². The van der Waals surface area contributed by atoms with Crippen LogP contribution in [0.4, 0.5) is 0 Å². The van der Waals surface area contributed by atoms with Gasteiger partial charge in [-0.1, -0.05) is 6.07 Å². The molecule has 94 valence electrons. The maximum atomic E-state index is 6.22. The third-order valence-electron chi connectivity index (χ3n) is 3.52. The number of thiophene rings is 1. The van der Waals surface area contributed by atoms with E-state index in [9.17, 15) is 0 Å². The van der Waals surface area contributed by atoms with E-state index in [1.54, 1.807) is 18.4 Å². The number of ether oxygens (including phenoxy) is 2. The number of rotatable bonds is 2. The molecule has 0 amide bonds. The molecular weight excluding hydrogens is 244 g/mol. The van der Waals surface area contributed by atoms with Gasteiger partial charge < -0.3 is 9.47 Å². The van der Waals surface area contributed by atoms with Gasteiger partial charge >= 0.3 is 0 Å². The summed E-state index contributed by atoms with van der Waals surface area (Å²) in [6.07, 6.45) is 2.04. The van der Waals surface area contributed by atoms with Gasteiger partial charge in [0, 0.05) is 4.88 Å². The molecule has 2 heterocycles. The quantitative estimate of drug-likeness (QED) is 0.812. The lowest BCUT2D eigenvalue weighted by atomic mass is 9.91. The van der Waals surface area contributed by atoms with Crippen LogP contribution >= 0.6 is 11.3 Å². The molecule has 0 spiro atoms. The number of benzene rings is 1. The van der Waals surface area contributed by atoms with E-state index >= 15 is 0 Å². The standard InChI is InChI=1S/C15H16O2S/c1-15(14-4-3-9-18-14)8-7-11-10-12(16-2)5-6-13(11)17-15/h3-6,9-10H,7-8H2,1-2H3. The summed E-state index contributed by atoms with van der Waals surface area (Å²) < 4.78 is 11.5. The van der Waals surface area contributed by atoms with Gasteiger partial charge in [-0.15, -0.1) is 11.3 Å². The molecular formula is C15H16O2S. The van der Waals surface area contributed by atoms with Crippen molar-refractivity contribution in [3.63, 3.8) is 0 Å². The molecule has 3 heteroatoms. The average molecular weight is 260 g/mol. The first kappa shape index (κ1) is 11.6. The minimum atomic E-state index is -0.185. The van der Waals surface area contributed by atoms with Crippen molar-refractivity contribution in [1.82, 2.24) is 0 Å². The third-order valence-corrected chi connectivity index (χ3v) is 4.63. The molecule has 0 saturated heterocycles. The normalized spacial score (nSPS) is 22.1. The van der Waals surface area contributed by atoms with Crippen molar-refractivity contribution in [2.75, 3.05) is 7.11 Å². The minimum Gasteiger partial charge on any atom is -0.497 e. The molecule has 0 bridgehead atoms. The zero-order valence-corrected chi connectivity index (χ0v) is 11.4. The van der Waals surface area contributed by atoms with Crippen molar-refractivity contribution in [2.45, 2.75) is 25.4 Å². The number of hydrogen-bond donors (Lipinski definition) is 0. The van der Waals surface area contributed by atoms with Crippen LogP contribution < -0.4 is 9.47 Å². The van der Waals surface area contributed by atoms with Crippen LogP contribution in [-0.2, 0) is 12.0 Å². The molecule has 1 atom stereocenters. The maximum Gasteiger partial charge on any atom is 0.141 e. The van der Waals surface area contributed by atoms with E-state index in [1.165, 1.54) is 10.4 Å². The molecule has 2 aromatic rings. The highest BCUT2D eigenvalue weighted by Gasteiger charge is 2.34. The monoisotopic (exact) mass is 260 g/mol. The number of aryl methyl sites for hydroxylation is 1. The fourth-order valence-corrected chi connectivity index (χ4v) is 3.25. The van der Waals surface area contributed by atoms with Crippen LogP contribution in [0.15, 0.2) is 35.7 Å². The summed E-state index contributed by atoms with van der Waals surface area (Å²) in [5.41, 5.74) is 1.05. The van der Waals surface area contributed by atoms with Crippen LogP contribution in [-0.4, -0.2) is 7.11 Å². The zero-order chi connectivity index (χ0) is 12.6. The summed E-state index contributed by atoms with van der Waals surface area (Å²) >= 11 is 1.76. The lowest BCUT2D eigenvalue weighted by Crippen LogP contribution is -2.32. The molecule has 0 fully saturated rings. The van der Waals surface area contributed by atoms with Crippen LogP contribution in [0.1, 0.15) is 23.8 Å². The molecule has 0 aliphatic carbocycles. The largest absolute Gasteiger partial charge is 0.497 e. The van der Waals surface area contributed by atoms with E-state index in [-0.39, 0.29) is 5.60 Å². The molecule has 1 aromatic heterocycles. The zero-order valence-electron chi connectivity index (χ0n) is 10.6. The smallest absolute Gasteiger partial charge is 0.141 e. The Balaban J connectivity index is 1.94. The molecule has 0 saturated carbocycles. The van der Waals surface area contributed by atoms with Crippen molar-refractivity contribution < 1.29 is 9.47 Å². The van der Waals surface area contributed by atoms with E-state index in [0.717, 1.165) is 24.3 Å². The van der Waals surface area contributed by atoms with Gasteiger partial charge in [0.15, 0.2) is 0 Å². The molecule has 3 rings (SSSR count). The van der Waals surface area contributed by atoms with Crippen LogP contribution in [0.2, 0.25) is 0 Å². The molecule has 2 nitrogen and oxygen atoms in total. The van der Waals surface area contributed by atoms with Crippen molar-refractivity contribution in [3.05, 3.63) is 46.2 Å². The highest BCUT2D eigenvalue weighted by molar-refractivity contribution is 7.10. The molecule has 0 N–H and O–H groups in total. The van der Waals surface area contributed by atoms with Gasteiger partial charge in [-0.05, 0) is 55.0 Å². The third kappa shape index (κ3) is 1.89. The second-order valence-corrected chi connectivity index (χ2v) is 5.73. The fraction of sp³-hybridized carbons (Fsp3) is 0.333. The molecule has 1 aliphatic rings. The molecule has 1 aliphatic heterocycles. The van der Waals surface area contributed by atoms with E-state index in [0.29, 0.717) is 0 Å². The second kappa shape index (κ2) is 4.32. The Morgan fingerprint density at radius 1 is 1.33 bits per heavy atom. The Labute approximate surface area is 111 Å². The Kier molecular flexibility index (Phi) is 2.78. The lowest BCUT2D eigenvalue weighted by Gasteiger charge is -2.35. The lowest BCUT2D eigenvalue weighted by molar-refractivity contribution is 0.0661. The van der Waals surface area contributed by atoms with E-state index in [4.69, 9.17) is 9.47 Å². The summed E-state index contributed by atoms with van der Waals surface area (Å²) in [7, 11) is 1.70. The van der Waals surface area contributed by atoms with Gasteiger partial charge in [0.2, 0.25) is 0 Å². The SMILES string of the molecule is COc1ccc2c(c1)CCC(C)(c1cccs1)O2. The predicted molar refractivity (Wildman–Crippen MR) is 73.6 cm³/mol. The van der Waals surface area contributed by atoms with Gasteiger partial charge in [-0.25, -0.2) is 0 Å². The van der Waals surface area contributed by atoms with Crippen LogP contribution in [0.5, 0.6) is 11.5 Å². The van der Waals surface area contributed by atoms with Crippen molar-refractivity contribution >= 4 is 11.3 Å². The Bertz CT molecular complexity index is 548. The highest BCUT2D eigenvalue weighted by Crippen LogP contribution is 2.41. The first-order valence-corrected chi connectivity index (χ1v) is 6.99. The molecule has 0 radical (unpaired) electrons. The summed E-state index contributed by atoms with van der Waals surface area (Å²) in [6.45, 7) is 2.17. The first-order chi connectivity index (χ1) is 8.71. The minimum absolute atomic E-state index is 0.185. The summed E-state index contributed by atoms with van der Waals surface area (Å²) in [5.74, 6) is 1.88. The van der Waals surface area contributed by atoms with Gasteiger partial charge in [0.25, 0.3) is 0 Å². The molecule has 1 aromatic carbocycles. The van der Waals surface area contributed by atoms with Crippen LogP contribution in [0, 0.1) is 0 Å². The van der Waals surface area contributed by atoms with Crippen LogP contribution in [0.25, 0.3) is 0 Å². The van der Waals surface area contributed by atoms with Crippen molar-refractivity contribution in [1.29, 1.82) is 0 Å². The number of hydrogen-bond acceptors (Lipinski definition) is 3. The van der Waals surface area contributed by atoms with Crippen LogP contribution in [0.3, 0.4) is 0 Å². The van der Waals surface area contributed by atoms with E-state index in [1.807, 2.05) is 12.1 Å². The Morgan fingerprint density at radius 3 is 2.94 bits per heavy atom. The first-order valence-electron chi connectivity index (χ1n) is 6.11. The molecule has 18 heavy (non-hydrogen) atoms. The highest BCUT2D eigenvalue weighted by atomic mass is 32.1. The predicted octanol–water partition coefficient (Wildman–Crippen LogP) is 4.00. The van der Waals surface area contributed by atoms with E-state index in [2.05, 4.69) is 30.5 Å². The summed E-state index contributed by atoms with van der Waals surface area (Å²) in [4.78, 5) is 1.30. The number of fused-ring (bicyclic) bond motifs is 1. The van der Waals surface area contributed by atoms with Gasteiger partial charge in [0.05, 0.1) is 7.11 Å². The van der Waals surface area contributed by atoms with Gasteiger partial charge in [0.1, 0.15) is 17.1 Å². The Hall–Kier alpha value is -1.48. The van der Waals surface area contributed by atoms with Crippen molar-refractivity contribution in [3.8, 4) is 11.5 Å². The fourth-order valence-electron chi connectivity index (χ4n) is 2.40.